The normalized spacial score (nSPS) is 17.9. The SMILES string of the molecule is COC(=O)C[C@H]1CN(c2cccc(OC)c2[N+](=O)[O-])CCO1. The molecule has 8 nitrogen and oxygen atoms in total. The number of ether oxygens (including phenoxy) is 3. The number of nitro benzene ring substituents is 1. The van der Waals surface area contributed by atoms with Gasteiger partial charge in [-0.1, -0.05) is 6.07 Å². The van der Waals surface area contributed by atoms with Gasteiger partial charge < -0.3 is 19.1 Å². The van der Waals surface area contributed by atoms with Crippen molar-refractivity contribution < 1.29 is 23.9 Å². The van der Waals surface area contributed by atoms with Crippen molar-refractivity contribution in [2.45, 2.75) is 12.5 Å². The summed E-state index contributed by atoms with van der Waals surface area (Å²) < 4.78 is 15.2. The largest absolute Gasteiger partial charge is 0.490 e. The Labute approximate surface area is 127 Å². The van der Waals surface area contributed by atoms with Gasteiger partial charge >= 0.3 is 11.7 Å². The molecule has 1 atom stereocenters. The van der Waals surface area contributed by atoms with Crippen molar-refractivity contribution >= 4 is 17.3 Å². The van der Waals surface area contributed by atoms with Crippen molar-refractivity contribution in [1.82, 2.24) is 0 Å². The monoisotopic (exact) mass is 310 g/mol. The van der Waals surface area contributed by atoms with Crippen molar-refractivity contribution in [3.05, 3.63) is 28.3 Å². The molecule has 1 aromatic rings. The Morgan fingerprint density at radius 1 is 1.50 bits per heavy atom. The van der Waals surface area contributed by atoms with E-state index in [0.717, 1.165) is 0 Å². The molecule has 2 rings (SSSR count). The van der Waals surface area contributed by atoms with Gasteiger partial charge in [-0.15, -0.1) is 0 Å². The quantitative estimate of drug-likeness (QED) is 0.461. The Morgan fingerprint density at radius 2 is 2.27 bits per heavy atom. The van der Waals surface area contributed by atoms with Crippen LogP contribution in [0.3, 0.4) is 0 Å². The molecule has 1 fully saturated rings. The number of para-hydroxylation sites is 1. The van der Waals surface area contributed by atoms with Crippen LogP contribution in [0, 0.1) is 10.1 Å². The highest BCUT2D eigenvalue weighted by atomic mass is 16.6. The molecular weight excluding hydrogens is 292 g/mol. The van der Waals surface area contributed by atoms with Gasteiger partial charge in [0.2, 0.25) is 0 Å². The Bertz CT molecular complexity index is 562. The van der Waals surface area contributed by atoms with E-state index in [-0.39, 0.29) is 29.9 Å². The second kappa shape index (κ2) is 7.08. The van der Waals surface area contributed by atoms with E-state index >= 15 is 0 Å². The lowest BCUT2D eigenvalue weighted by molar-refractivity contribution is -0.385. The zero-order valence-corrected chi connectivity index (χ0v) is 12.5. The predicted molar refractivity (Wildman–Crippen MR) is 78.2 cm³/mol. The van der Waals surface area contributed by atoms with Crippen LogP contribution in [-0.2, 0) is 14.3 Å². The number of methoxy groups -OCH3 is 2. The summed E-state index contributed by atoms with van der Waals surface area (Å²) in [5.41, 5.74) is 0.381. The number of carbonyl (C=O) groups excluding carboxylic acids is 1. The molecule has 0 N–H and O–H groups in total. The predicted octanol–water partition coefficient (Wildman–Crippen LogP) is 1.37. The lowest BCUT2D eigenvalue weighted by atomic mass is 10.1. The maximum absolute atomic E-state index is 11.3. The third-order valence-corrected chi connectivity index (χ3v) is 3.48. The first-order valence-electron chi connectivity index (χ1n) is 6.81. The average Bonchev–Trinajstić information content (AvgIpc) is 2.54. The summed E-state index contributed by atoms with van der Waals surface area (Å²) in [6.45, 7) is 1.27. The van der Waals surface area contributed by atoms with Crippen LogP contribution in [0.1, 0.15) is 6.42 Å². The van der Waals surface area contributed by atoms with E-state index in [9.17, 15) is 14.9 Å². The molecule has 8 heteroatoms. The van der Waals surface area contributed by atoms with E-state index in [1.54, 1.807) is 18.2 Å². The Balaban J connectivity index is 2.24. The average molecular weight is 310 g/mol. The van der Waals surface area contributed by atoms with Gasteiger partial charge in [0.25, 0.3) is 0 Å². The number of morpholine rings is 1. The molecule has 1 heterocycles. The van der Waals surface area contributed by atoms with Crippen LogP contribution in [0.5, 0.6) is 5.75 Å². The van der Waals surface area contributed by atoms with Crippen LogP contribution in [0.2, 0.25) is 0 Å². The molecule has 120 valence electrons. The minimum absolute atomic E-state index is 0.0799. The summed E-state index contributed by atoms with van der Waals surface area (Å²) in [6.07, 6.45) is -0.239. The number of hydrogen-bond donors (Lipinski definition) is 0. The van der Waals surface area contributed by atoms with Crippen molar-refractivity contribution in [3.63, 3.8) is 0 Å². The first-order chi connectivity index (χ1) is 10.6. The van der Waals surface area contributed by atoms with Crippen molar-refractivity contribution in [1.29, 1.82) is 0 Å². The first kappa shape index (κ1) is 16.0. The number of carbonyl (C=O) groups is 1. The highest BCUT2D eigenvalue weighted by molar-refractivity contribution is 5.71. The summed E-state index contributed by atoms with van der Waals surface area (Å²) in [5.74, 6) is -0.162. The van der Waals surface area contributed by atoms with Gasteiger partial charge in [0.1, 0.15) is 5.69 Å². The fraction of sp³-hybridized carbons (Fsp3) is 0.500. The molecule has 0 unspecified atom stereocenters. The van der Waals surface area contributed by atoms with Gasteiger partial charge in [0, 0.05) is 13.1 Å². The van der Waals surface area contributed by atoms with Crippen LogP contribution in [-0.4, -0.2) is 50.9 Å². The number of benzene rings is 1. The van der Waals surface area contributed by atoms with Crippen LogP contribution >= 0.6 is 0 Å². The maximum Gasteiger partial charge on any atom is 0.333 e. The van der Waals surface area contributed by atoms with Gasteiger partial charge in [-0.25, -0.2) is 0 Å². The van der Waals surface area contributed by atoms with Crippen molar-refractivity contribution in [2.24, 2.45) is 0 Å². The number of esters is 1. The fourth-order valence-electron chi connectivity index (χ4n) is 2.45. The molecule has 1 aromatic carbocycles. The number of hydrogen-bond acceptors (Lipinski definition) is 7. The zero-order chi connectivity index (χ0) is 16.1. The molecule has 1 aliphatic heterocycles. The van der Waals surface area contributed by atoms with E-state index in [4.69, 9.17) is 9.47 Å². The van der Waals surface area contributed by atoms with Gasteiger partial charge in [0.15, 0.2) is 5.75 Å². The minimum atomic E-state index is -0.459. The van der Waals surface area contributed by atoms with E-state index in [1.807, 2.05) is 4.90 Å². The smallest absolute Gasteiger partial charge is 0.333 e. The maximum atomic E-state index is 11.3. The topological polar surface area (TPSA) is 91.1 Å². The molecule has 0 spiro atoms. The summed E-state index contributed by atoms with van der Waals surface area (Å²) in [5, 5.41) is 11.3. The molecule has 0 aliphatic carbocycles. The van der Waals surface area contributed by atoms with E-state index in [1.165, 1.54) is 14.2 Å². The van der Waals surface area contributed by atoms with E-state index in [0.29, 0.717) is 25.4 Å². The Hall–Kier alpha value is -2.35. The van der Waals surface area contributed by atoms with Gasteiger partial charge in [-0.2, -0.15) is 0 Å². The van der Waals surface area contributed by atoms with Crippen LogP contribution in [0.4, 0.5) is 11.4 Å². The van der Waals surface area contributed by atoms with Gasteiger partial charge in [0.05, 0.1) is 38.3 Å². The number of anilines is 1. The van der Waals surface area contributed by atoms with Crippen molar-refractivity contribution in [2.75, 3.05) is 38.8 Å². The summed E-state index contributed by atoms with van der Waals surface area (Å²) in [7, 11) is 2.71. The minimum Gasteiger partial charge on any atom is -0.490 e. The van der Waals surface area contributed by atoms with Crippen LogP contribution in [0.25, 0.3) is 0 Å². The molecule has 1 aliphatic rings. The summed E-state index contributed by atoms with van der Waals surface area (Å²) in [4.78, 5) is 24.1. The lowest BCUT2D eigenvalue weighted by Gasteiger charge is -2.33. The molecule has 22 heavy (non-hydrogen) atoms. The molecule has 0 bridgehead atoms. The number of rotatable bonds is 5. The molecular formula is C14H18N2O6. The molecule has 0 saturated carbocycles. The standard InChI is InChI=1S/C14H18N2O6/c1-20-12-5-3-4-11(14(12)16(18)19)15-6-7-22-10(9-15)8-13(17)21-2/h3-5,10H,6-9H2,1-2H3/t10-/m0/s1. The fourth-order valence-corrected chi connectivity index (χ4v) is 2.45. The van der Waals surface area contributed by atoms with Crippen molar-refractivity contribution in [3.8, 4) is 5.75 Å². The first-order valence-corrected chi connectivity index (χ1v) is 6.81. The van der Waals surface area contributed by atoms with Crippen LogP contribution < -0.4 is 9.64 Å². The highest BCUT2D eigenvalue weighted by Crippen LogP contribution is 2.37. The van der Waals surface area contributed by atoms with E-state index < -0.39 is 4.92 Å². The van der Waals surface area contributed by atoms with E-state index in [2.05, 4.69) is 4.74 Å². The molecule has 0 aromatic heterocycles. The van der Waals surface area contributed by atoms with Gasteiger partial charge in [-0.3, -0.25) is 14.9 Å². The molecule has 0 radical (unpaired) electrons. The zero-order valence-electron chi connectivity index (χ0n) is 12.5. The third-order valence-electron chi connectivity index (χ3n) is 3.48. The second-order valence-corrected chi connectivity index (χ2v) is 4.80. The Kier molecular flexibility index (Phi) is 5.16. The number of nitro groups is 1. The number of nitrogens with zero attached hydrogens (tertiary/aromatic N) is 2. The highest BCUT2D eigenvalue weighted by Gasteiger charge is 2.29. The van der Waals surface area contributed by atoms with Crippen LogP contribution in [0.15, 0.2) is 18.2 Å². The molecule has 0 amide bonds. The summed E-state index contributed by atoms with van der Waals surface area (Å²) >= 11 is 0. The lowest BCUT2D eigenvalue weighted by Crippen LogP contribution is -2.43. The molecule has 1 saturated heterocycles. The third kappa shape index (κ3) is 3.45. The Morgan fingerprint density at radius 3 is 2.91 bits per heavy atom. The second-order valence-electron chi connectivity index (χ2n) is 4.80. The van der Waals surface area contributed by atoms with Gasteiger partial charge in [-0.05, 0) is 12.1 Å². The summed E-state index contributed by atoms with van der Waals surface area (Å²) in [6, 6.07) is 4.92.